The first-order chi connectivity index (χ1) is 9.56. The molecule has 1 N–H and O–H groups in total. The van der Waals surface area contributed by atoms with Gasteiger partial charge >= 0.3 is 0 Å². The average Bonchev–Trinajstić information content (AvgIpc) is 2.86. The monoisotopic (exact) mass is 334 g/mol. The summed E-state index contributed by atoms with van der Waals surface area (Å²) in [7, 11) is 0. The van der Waals surface area contributed by atoms with Gasteiger partial charge in [-0.1, -0.05) is 45.8 Å². The third-order valence-corrected chi connectivity index (χ3v) is 3.95. The number of para-hydroxylation sites is 1. The van der Waals surface area contributed by atoms with Crippen LogP contribution in [0.4, 0.5) is 4.39 Å². The summed E-state index contributed by atoms with van der Waals surface area (Å²) in [6, 6.07) is 12.1. The molecule has 0 fully saturated rings. The number of aliphatic hydroxyl groups excluding tert-OH is 1. The largest absolute Gasteiger partial charge is 0.455 e. The third kappa shape index (κ3) is 2.25. The second-order valence-corrected chi connectivity index (χ2v) is 5.59. The molecule has 0 bridgehead atoms. The van der Waals surface area contributed by atoms with E-state index in [1.54, 1.807) is 18.2 Å². The van der Waals surface area contributed by atoms with E-state index in [9.17, 15) is 9.50 Å². The minimum absolute atomic E-state index is 0.172. The Morgan fingerprint density at radius 1 is 1.20 bits per heavy atom. The van der Waals surface area contributed by atoms with Crippen molar-refractivity contribution in [1.29, 1.82) is 0 Å². The lowest BCUT2D eigenvalue weighted by molar-refractivity contribution is 0.191. The molecule has 3 aromatic rings. The molecule has 0 radical (unpaired) electrons. The van der Waals surface area contributed by atoms with Gasteiger partial charge in [-0.05, 0) is 25.1 Å². The molecule has 0 amide bonds. The van der Waals surface area contributed by atoms with Gasteiger partial charge in [0.2, 0.25) is 0 Å². The molecule has 2 aromatic carbocycles. The molecule has 1 atom stereocenters. The van der Waals surface area contributed by atoms with E-state index in [4.69, 9.17) is 4.42 Å². The fraction of sp³-hybridized carbons (Fsp3) is 0.125. The zero-order valence-electron chi connectivity index (χ0n) is 10.7. The van der Waals surface area contributed by atoms with Crippen molar-refractivity contribution in [3.8, 4) is 0 Å². The van der Waals surface area contributed by atoms with Gasteiger partial charge in [0.25, 0.3) is 0 Å². The Balaban J connectivity index is 2.10. The van der Waals surface area contributed by atoms with Crippen LogP contribution in [0.15, 0.2) is 51.4 Å². The van der Waals surface area contributed by atoms with Gasteiger partial charge in [-0.15, -0.1) is 0 Å². The number of hydrogen-bond donors (Lipinski definition) is 1. The lowest BCUT2D eigenvalue weighted by Crippen LogP contribution is -1.99. The highest BCUT2D eigenvalue weighted by Crippen LogP contribution is 2.33. The third-order valence-electron chi connectivity index (χ3n) is 3.23. The Morgan fingerprint density at radius 3 is 2.75 bits per heavy atom. The molecule has 102 valence electrons. The number of benzene rings is 2. The van der Waals surface area contributed by atoms with E-state index in [2.05, 4.69) is 15.9 Å². The normalized spacial score (nSPS) is 12.8. The van der Waals surface area contributed by atoms with Gasteiger partial charge < -0.3 is 9.52 Å². The Morgan fingerprint density at radius 2 is 2.00 bits per heavy atom. The Bertz CT molecular complexity index is 779. The molecule has 20 heavy (non-hydrogen) atoms. The van der Waals surface area contributed by atoms with Crippen molar-refractivity contribution >= 4 is 26.9 Å². The fourth-order valence-corrected chi connectivity index (χ4v) is 2.67. The molecule has 1 aromatic heterocycles. The summed E-state index contributed by atoms with van der Waals surface area (Å²) in [6.45, 7) is 1.95. The van der Waals surface area contributed by atoms with Crippen LogP contribution in [0.2, 0.25) is 0 Å². The topological polar surface area (TPSA) is 33.4 Å². The van der Waals surface area contributed by atoms with Gasteiger partial charge in [-0.25, -0.2) is 4.39 Å². The summed E-state index contributed by atoms with van der Waals surface area (Å²) >= 11 is 3.41. The van der Waals surface area contributed by atoms with E-state index in [1.807, 2.05) is 25.1 Å². The highest BCUT2D eigenvalue weighted by molar-refractivity contribution is 9.10. The predicted octanol–water partition coefficient (Wildman–Crippen LogP) is 4.72. The van der Waals surface area contributed by atoms with Gasteiger partial charge in [-0.2, -0.15) is 0 Å². The molecule has 4 heteroatoms. The Hall–Kier alpha value is -1.65. The smallest absolute Gasteiger partial charge is 0.170 e. The van der Waals surface area contributed by atoms with Crippen molar-refractivity contribution in [1.82, 2.24) is 0 Å². The first kappa shape index (κ1) is 13.3. The van der Waals surface area contributed by atoms with Crippen LogP contribution in [-0.2, 0) is 0 Å². The quantitative estimate of drug-likeness (QED) is 0.735. The van der Waals surface area contributed by atoms with Crippen molar-refractivity contribution in [3.05, 3.63) is 69.6 Å². The molecule has 1 unspecified atom stereocenters. The van der Waals surface area contributed by atoms with Crippen LogP contribution in [0.25, 0.3) is 11.0 Å². The van der Waals surface area contributed by atoms with Crippen LogP contribution in [0.5, 0.6) is 0 Å². The van der Waals surface area contributed by atoms with Crippen molar-refractivity contribution in [2.45, 2.75) is 13.0 Å². The van der Waals surface area contributed by atoms with Crippen LogP contribution >= 0.6 is 15.9 Å². The van der Waals surface area contributed by atoms with Gasteiger partial charge in [-0.3, -0.25) is 0 Å². The summed E-state index contributed by atoms with van der Waals surface area (Å²) in [4.78, 5) is 0. The van der Waals surface area contributed by atoms with Crippen LogP contribution < -0.4 is 0 Å². The van der Waals surface area contributed by atoms with E-state index in [0.29, 0.717) is 16.7 Å². The maximum absolute atomic E-state index is 13.6. The second kappa shape index (κ2) is 5.04. The van der Waals surface area contributed by atoms with Crippen LogP contribution in [0.1, 0.15) is 23.0 Å². The molecule has 0 aliphatic rings. The molecular weight excluding hydrogens is 323 g/mol. The molecule has 0 aliphatic heterocycles. The number of hydrogen-bond acceptors (Lipinski definition) is 2. The van der Waals surface area contributed by atoms with Gasteiger partial charge in [0, 0.05) is 15.4 Å². The lowest BCUT2D eigenvalue weighted by Gasteiger charge is -2.11. The standard InChI is InChI=1S/C16H12BrFO2/c1-9-5-6-12(17)11(7-9)15(19)14-8-10-3-2-4-13(18)16(10)20-14/h2-8,15,19H,1H3. The number of aryl methyl sites for hydroxylation is 1. The molecule has 0 saturated heterocycles. The first-order valence-corrected chi connectivity index (χ1v) is 6.97. The zero-order valence-corrected chi connectivity index (χ0v) is 12.3. The summed E-state index contributed by atoms with van der Waals surface area (Å²) in [5.74, 6) is -0.0966. The number of rotatable bonds is 2. The number of halogens is 2. The highest BCUT2D eigenvalue weighted by Gasteiger charge is 2.19. The maximum atomic E-state index is 13.6. The minimum Gasteiger partial charge on any atom is -0.455 e. The number of fused-ring (bicyclic) bond motifs is 1. The summed E-state index contributed by atoms with van der Waals surface area (Å²) in [5.41, 5.74) is 1.90. The Kier molecular flexibility index (Phi) is 3.36. The van der Waals surface area contributed by atoms with Crippen molar-refractivity contribution < 1.29 is 13.9 Å². The average molecular weight is 335 g/mol. The molecule has 3 rings (SSSR count). The molecule has 0 spiro atoms. The van der Waals surface area contributed by atoms with E-state index >= 15 is 0 Å². The van der Waals surface area contributed by atoms with E-state index in [-0.39, 0.29) is 5.58 Å². The number of aliphatic hydroxyl groups is 1. The maximum Gasteiger partial charge on any atom is 0.170 e. The van der Waals surface area contributed by atoms with Crippen molar-refractivity contribution in [2.75, 3.05) is 0 Å². The van der Waals surface area contributed by atoms with Gasteiger partial charge in [0.15, 0.2) is 11.4 Å². The minimum atomic E-state index is -0.934. The summed E-state index contributed by atoms with van der Waals surface area (Å²) < 4.78 is 19.9. The summed E-state index contributed by atoms with van der Waals surface area (Å²) in [6.07, 6.45) is -0.934. The number of furan rings is 1. The first-order valence-electron chi connectivity index (χ1n) is 6.18. The van der Waals surface area contributed by atoms with Crippen LogP contribution in [0, 0.1) is 12.7 Å². The van der Waals surface area contributed by atoms with Gasteiger partial charge in [0.05, 0.1) is 0 Å². The van der Waals surface area contributed by atoms with Crippen LogP contribution in [0.3, 0.4) is 0 Å². The lowest BCUT2D eigenvalue weighted by atomic mass is 10.0. The van der Waals surface area contributed by atoms with E-state index < -0.39 is 11.9 Å². The second-order valence-electron chi connectivity index (χ2n) is 4.73. The SMILES string of the molecule is Cc1ccc(Br)c(C(O)c2cc3cccc(F)c3o2)c1. The fourth-order valence-electron chi connectivity index (χ4n) is 2.21. The molecule has 0 saturated carbocycles. The highest BCUT2D eigenvalue weighted by atomic mass is 79.9. The van der Waals surface area contributed by atoms with Gasteiger partial charge in [0.1, 0.15) is 11.9 Å². The molecule has 2 nitrogen and oxygen atoms in total. The predicted molar refractivity (Wildman–Crippen MR) is 79.1 cm³/mol. The van der Waals surface area contributed by atoms with E-state index in [1.165, 1.54) is 6.07 Å². The van der Waals surface area contributed by atoms with Crippen molar-refractivity contribution in [3.63, 3.8) is 0 Å². The molecular formula is C16H12BrFO2. The molecule has 1 heterocycles. The molecule has 0 aliphatic carbocycles. The van der Waals surface area contributed by atoms with E-state index in [0.717, 1.165) is 10.0 Å². The Labute approximate surface area is 124 Å². The summed E-state index contributed by atoms with van der Waals surface area (Å²) in [5, 5.41) is 11.1. The zero-order chi connectivity index (χ0) is 14.3. The van der Waals surface area contributed by atoms with Crippen LogP contribution in [-0.4, -0.2) is 5.11 Å². The van der Waals surface area contributed by atoms with Crippen molar-refractivity contribution in [2.24, 2.45) is 0 Å².